The van der Waals surface area contributed by atoms with Crippen molar-refractivity contribution in [3.63, 3.8) is 0 Å². The lowest BCUT2D eigenvalue weighted by atomic mass is 9.90. The molecule has 0 spiro atoms. The average Bonchev–Trinajstić information content (AvgIpc) is 2.55. The van der Waals surface area contributed by atoms with Crippen molar-refractivity contribution in [1.82, 2.24) is 9.38 Å². The molecule has 0 aliphatic heterocycles. The summed E-state index contributed by atoms with van der Waals surface area (Å²) in [4.78, 5) is 5.13. The summed E-state index contributed by atoms with van der Waals surface area (Å²) in [6, 6.07) is 3.69. The van der Waals surface area contributed by atoms with Crippen LogP contribution in [0.15, 0.2) is 18.3 Å². The maximum atomic E-state index is 6.00. The van der Waals surface area contributed by atoms with Crippen LogP contribution in [0, 0.1) is 0 Å². The van der Waals surface area contributed by atoms with Gasteiger partial charge in [0, 0.05) is 29.1 Å². The van der Waals surface area contributed by atoms with E-state index in [0.29, 0.717) is 16.4 Å². The molecule has 0 radical (unpaired) electrons. The summed E-state index contributed by atoms with van der Waals surface area (Å²) in [5.74, 6) is 0. The number of halogens is 1. The van der Waals surface area contributed by atoms with Crippen LogP contribution in [0.1, 0.15) is 32.2 Å². The van der Waals surface area contributed by atoms with Crippen molar-refractivity contribution in [2.45, 2.75) is 32.6 Å². The van der Waals surface area contributed by atoms with Gasteiger partial charge in [-0.05, 0) is 6.07 Å². The van der Waals surface area contributed by atoms with Gasteiger partial charge in [0.2, 0.25) is 0 Å². The number of aromatic nitrogens is 2. The molecule has 0 bridgehead atoms. The Morgan fingerprint density at radius 3 is 2.72 bits per heavy atom. The Morgan fingerprint density at radius 1 is 1.50 bits per heavy atom. The van der Waals surface area contributed by atoms with Gasteiger partial charge < -0.3 is 10.1 Å². The normalized spacial score (nSPS) is 12.0. The van der Waals surface area contributed by atoms with Gasteiger partial charge in [-0.1, -0.05) is 44.6 Å². The second kappa shape index (κ2) is 4.52. The lowest BCUT2D eigenvalue weighted by molar-refractivity contribution is 0.567. The highest BCUT2D eigenvalue weighted by Crippen LogP contribution is 2.27. The van der Waals surface area contributed by atoms with Crippen LogP contribution < -0.4 is 5.73 Å². The molecule has 0 saturated carbocycles. The zero-order valence-corrected chi connectivity index (χ0v) is 12.3. The minimum Gasteiger partial charge on any atom is -0.393 e. The lowest BCUT2D eigenvalue weighted by Crippen LogP contribution is -2.19. The zero-order valence-electron chi connectivity index (χ0n) is 10.7. The monoisotopic (exact) mass is 281 g/mol. The fraction of sp³-hybridized carbons (Fsp3) is 0.385. The van der Waals surface area contributed by atoms with Crippen LogP contribution in [0.3, 0.4) is 0 Å². The maximum Gasteiger partial charge on any atom is 0.138 e. The van der Waals surface area contributed by atoms with Gasteiger partial charge in [0.25, 0.3) is 0 Å². The summed E-state index contributed by atoms with van der Waals surface area (Å²) >= 11 is 11.0. The SMILES string of the molecule is CC(C)(C)c1nc2cc(Cl)ccn2c1CC(N)=S. The molecule has 0 unspecified atom stereocenters. The molecule has 0 amide bonds. The molecule has 0 aliphatic rings. The summed E-state index contributed by atoms with van der Waals surface area (Å²) in [6.45, 7) is 6.37. The van der Waals surface area contributed by atoms with E-state index in [9.17, 15) is 0 Å². The van der Waals surface area contributed by atoms with Gasteiger partial charge in [-0.3, -0.25) is 0 Å². The first-order valence-electron chi connectivity index (χ1n) is 5.74. The summed E-state index contributed by atoms with van der Waals surface area (Å²) in [7, 11) is 0. The van der Waals surface area contributed by atoms with Gasteiger partial charge in [-0.15, -0.1) is 0 Å². The zero-order chi connectivity index (χ0) is 13.5. The van der Waals surface area contributed by atoms with E-state index in [2.05, 4.69) is 25.8 Å². The Kier molecular flexibility index (Phi) is 3.34. The molecule has 0 atom stereocenters. The van der Waals surface area contributed by atoms with E-state index in [-0.39, 0.29) is 5.41 Å². The molecule has 2 aromatic rings. The summed E-state index contributed by atoms with van der Waals surface area (Å²) in [5.41, 5.74) is 8.51. The number of hydrogen-bond donors (Lipinski definition) is 1. The molecule has 0 aromatic carbocycles. The van der Waals surface area contributed by atoms with Crippen molar-refractivity contribution < 1.29 is 0 Å². The number of pyridine rings is 1. The van der Waals surface area contributed by atoms with Gasteiger partial charge in [0.1, 0.15) is 5.65 Å². The molecule has 5 heteroatoms. The molecule has 3 nitrogen and oxygen atoms in total. The molecular formula is C13H16ClN3S. The second-order valence-electron chi connectivity index (χ2n) is 5.37. The van der Waals surface area contributed by atoms with E-state index in [4.69, 9.17) is 29.6 Å². The molecule has 0 aliphatic carbocycles. The third kappa shape index (κ3) is 2.49. The van der Waals surface area contributed by atoms with Gasteiger partial charge in [0.15, 0.2) is 0 Å². The van der Waals surface area contributed by atoms with Crippen molar-refractivity contribution in [1.29, 1.82) is 0 Å². The first kappa shape index (κ1) is 13.3. The molecule has 0 saturated heterocycles. The van der Waals surface area contributed by atoms with Gasteiger partial charge >= 0.3 is 0 Å². The fourth-order valence-corrected chi connectivity index (χ4v) is 2.30. The summed E-state index contributed by atoms with van der Waals surface area (Å²) < 4.78 is 2.01. The van der Waals surface area contributed by atoms with E-state index >= 15 is 0 Å². The Bertz CT molecular complexity index is 610. The first-order valence-corrected chi connectivity index (χ1v) is 6.53. The van der Waals surface area contributed by atoms with Crippen molar-refractivity contribution in [3.05, 3.63) is 34.7 Å². The Balaban J connectivity index is 2.72. The van der Waals surface area contributed by atoms with Crippen LogP contribution in [0.2, 0.25) is 5.02 Å². The summed E-state index contributed by atoms with van der Waals surface area (Å²) in [6.07, 6.45) is 2.46. The Hall–Kier alpha value is -1.13. The third-order valence-electron chi connectivity index (χ3n) is 2.74. The van der Waals surface area contributed by atoms with E-state index in [1.807, 2.05) is 22.7 Å². The van der Waals surface area contributed by atoms with E-state index in [1.54, 1.807) is 0 Å². The van der Waals surface area contributed by atoms with Crippen LogP contribution in [0.25, 0.3) is 5.65 Å². The Labute approximate surface area is 117 Å². The molecule has 2 N–H and O–H groups in total. The predicted molar refractivity (Wildman–Crippen MR) is 79.4 cm³/mol. The molecular weight excluding hydrogens is 266 g/mol. The smallest absolute Gasteiger partial charge is 0.138 e. The summed E-state index contributed by atoms with van der Waals surface area (Å²) in [5, 5.41) is 0.676. The van der Waals surface area contributed by atoms with Gasteiger partial charge in [-0.2, -0.15) is 0 Å². The average molecular weight is 282 g/mol. The van der Waals surface area contributed by atoms with Crippen molar-refractivity contribution >= 4 is 34.5 Å². The minimum absolute atomic E-state index is 0.0569. The third-order valence-corrected chi connectivity index (χ3v) is 3.12. The molecule has 2 heterocycles. The number of nitrogens with zero attached hydrogens (tertiary/aromatic N) is 2. The Morgan fingerprint density at radius 2 is 2.17 bits per heavy atom. The van der Waals surface area contributed by atoms with Crippen molar-refractivity contribution in [2.24, 2.45) is 5.73 Å². The van der Waals surface area contributed by atoms with E-state index in [0.717, 1.165) is 17.0 Å². The van der Waals surface area contributed by atoms with Crippen molar-refractivity contribution in [3.8, 4) is 0 Å². The maximum absolute atomic E-state index is 6.00. The molecule has 0 fully saturated rings. The van der Waals surface area contributed by atoms with Crippen LogP contribution in [0.4, 0.5) is 0 Å². The highest BCUT2D eigenvalue weighted by molar-refractivity contribution is 7.80. The highest BCUT2D eigenvalue weighted by Gasteiger charge is 2.24. The highest BCUT2D eigenvalue weighted by atomic mass is 35.5. The number of thiocarbonyl (C=S) groups is 1. The number of imidazole rings is 1. The second-order valence-corrected chi connectivity index (χ2v) is 6.33. The van der Waals surface area contributed by atoms with E-state index in [1.165, 1.54) is 0 Å². The van der Waals surface area contributed by atoms with Crippen molar-refractivity contribution in [2.75, 3.05) is 0 Å². The number of fused-ring (bicyclic) bond motifs is 1. The number of hydrogen-bond acceptors (Lipinski definition) is 2. The topological polar surface area (TPSA) is 43.3 Å². The molecule has 18 heavy (non-hydrogen) atoms. The number of rotatable bonds is 2. The lowest BCUT2D eigenvalue weighted by Gasteiger charge is -2.17. The largest absolute Gasteiger partial charge is 0.393 e. The molecule has 96 valence electrons. The predicted octanol–water partition coefficient (Wildman–Crippen LogP) is 3.11. The fourth-order valence-electron chi connectivity index (χ4n) is 2.01. The van der Waals surface area contributed by atoms with Crippen LogP contribution >= 0.6 is 23.8 Å². The van der Waals surface area contributed by atoms with Gasteiger partial charge in [-0.25, -0.2) is 4.98 Å². The standard InChI is InChI=1S/C13H16ClN3S/c1-13(2,3)12-9(7-10(15)18)17-5-4-8(14)6-11(17)16-12/h4-6H,7H2,1-3H3,(H2,15,18). The number of nitrogens with two attached hydrogens (primary N) is 1. The van der Waals surface area contributed by atoms with E-state index < -0.39 is 0 Å². The van der Waals surface area contributed by atoms with Gasteiger partial charge in [0.05, 0.1) is 16.4 Å². The van der Waals surface area contributed by atoms with Crippen LogP contribution in [-0.2, 0) is 11.8 Å². The molecule has 2 aromatic heterocycles. The first-order chi connectivity index (χ1) is 8.29. The quantitative estimate of drug-likeness (QED) is 0.860. The minimum atomic E-state index is -0.0569. The van der Waals surface area contributed by atoms with Crippen LogP contribution in [-0.4, -0.2) is 14.4 Å². The van der Waals surface area contributed by atoms with Crippen LogP contribution in [0.5, 0.6) is 0 Å². The molecule has 2 rings (SSSR count).